The van der Waals surface area contributed by atoms with Crippen molar-refractivity contribution >= 4 is 24.0 Å². The van der Waals surface area contributed by atoms with Gasteiger partial charge in [0.2, 0.25) is 5.91 Å². The molecular formula is C26H34ClN3O4. The number of hydrogen-bond acceptors (Lipinski definition) is 6. The van der Waals surface area contributed by atoms with Crippen LogP contribution in [0.3, 0.4) is 0 Å². The lowest BCUT2D eigenvalue weighted by Crippen LogP contribution is -2.55. The minimum Gasteiger partial charge on any atom is -0.493 e. The van der Waals surface area contributed by atoms with E-state index in [9.17, 15) is 4.79 Å². The number of aryl methyl sites for hydroxylation is 1. The smallest absolute Gasteiger partial charge is 0.246 e. The van der Waals surface area contributed by atoms with Crippen molar-refractivity contribution in [2.75, 3.05) is 58.6 Å². The Kier molecular flexibility index (Phi) is 7.99. The number of ether oxygens (including phenoxy) is 3. The topological polar surface area (TPSA) is 54.5 Å². The van der Waals surface area contributed by atoms with E-state index in [1.165, 1.54) is 11.1 Å². The van der Waals surface area contributed by atoms with Crippen molar-refractivity contribution in [3.05, 3.63) is 53.1 Å². The van der Waals surface area contributed by atoms with Crippen molar-refractivity contribution in [3.8, 4) is 11.5 Å². The molecule has 184 valence electrons. The molecule has 0 saturated carbocycles. The number of hydrogen-bond donors (Lipinski definition) is 0. The van der Waals surface area contributed by atoms with Crippen LogP contribution in [0.4, 0.5) is 5.69 Å². The molecule has 1 unspecified atom stereocenters. The molecule has 0 aliphatic carbocycles. The number of halogens is 1. The van der Waals surface area contributed by atoms with Crippen molar-refractivity contribution < 1.29 is 19.0 Å². The zero-order chi connectivity index (χ0) is 22.8. The van der Waals surface area contributed by atoms with E-state index < -0.39 is 0 Å². The van der Waals surface area contributed by atoms with Crippen molar-refractivity contribution in [1.82, 2.24) is 9.91 Å². The Bertz CT molecular complexity index is 1010. The number of piperazine rings is 1. The van der Waals surface area contributed by atoms with Crippen LogP contribution >= 0.6 is 12.4 Å². The fourth-order valence-electron chi connectivity index (χ4n) is 5.28. The number of hydrazine groups is 1. The fourth-order valence-corrected chi connectivity index (χ4v) is 5.28. The standard InChI is InChI=1S/C26H33N3O4.ClH/c1-31-24-16-19-7-5-15-33-23(21(19)18-25(24)32-2)9-10-27-11-13-28(14-12-27)29-22-8-4-3-6-20(22)17-26(29)30;/h3-4,6,8,16,18,23H,5,7,9-15,17H2,1-2H3;1H. The average molecular weight is 488 g/mol. The number of rotatable bonds is 6. The molecule has 2 aromatic rings. The number of benzene rings is 2. The summed E-state index contributed by atoms with van der Waals surface area (Å²) >= 11 is 0. The minimum absolute atomic E-state index is 0. The predicted molar refractivity (Wildman–Crippen MR) is 134 cm³/mol. The summed E-state index contributed by atoms with van der Waals surface area (Å²) in [6.07, 6.45) is 3.52. The van der Waals surface area contributed by atoms with Crippen LogP contribution in [0.5, 0.6) is 11.5 Å². The average Bonchev–Trinajstić information content (AvgIpc) is 3.05. The summed E-state index contributed by atoms with van der Waals surface area (Å²) in [5, 5.41) is 4.11. The summed E-state index contributed by atoms with van der Waals surface area (Å²) < 4.78 is 17.3. The molecule has 5 rings (SSSR count). The number of amides is 1. The number of fused-ring (bicyclic) bond motifs is 2. The van der Waals surface area contributed by atoms with Crippen LogP contribution in [0.1, 0.15) is 35.6 Å². The quantitative estimate of drug-likeness (QED) is 0.620. The Labute approximate surface area is 207 Å². The first-order valence-electron chi connectivity index (χ1n) is 11.9. The number of carbonyl (C=O) groups excluding carboxylic acids is 1. The Hall–Kier alpha value is -2.32. The van der Waals surface area contributed by atoms with E-state index >= 15 is 0 Å². The van der Waals surface area contributed by atoms with E-state index in [1.807, 2.05) is 17.1 Å². The van der Waals surface area contributed by atoms with Gasteiger partial charge in [-0.1, -0.05) is 18.2 Å². The molecule has 34 heavy (non-hydrogen) atoms. The summed E-state index contributed by atoms with van der Waals surface area (Å²) in [5.41, 5.74) is 4.69. The number of para-hydroxylation sites is 1. The van der Waals surface area contributed by atoms with Gasteiger partial charge >= 0.3 is 0 Å². The SMILES string of the molecule is COc1cc2c(cc1OC)C(CCN1CCN(N3C(=O)Cc4ccccc43)CC1)OCCC2.Cl. The van der Waals surface area contributed by atoms with Gasteiger partial charge in [-0.3, -0.25) is 4.79 Å². The molecule has 0 radical (unpaired) electrons. The first kappa shape index (κ1) is 24.8. The van der Waals surface area contributed by atoms with Crippen molar-refractivity contribution in [2.24, 2.45) is 0 Å². The molecule has 1 saturated heterocycles. The first-order valence-corrected chi connectivity index (χ1v) is 11.9. The van der Waals surface area contributed by atoms with Crippen LogP contribution in [0.2, 0.25) is 0 Å². The highest BCUT2D eigenvalue weighted by molar-refractivity contribution is 6.00. The molecule has 3 aliphatic rings. The molecule has 8 heteroatoms. The van der Waals surface area contributed by atoms with Crippen LogP contribution in [0.15, 0.2) is 36.4 Å². The van der Waals surface area contributed by atoms with Crippen molar-refractivity contribution in [3.63, 3.8) is 0 Å². The summed E-state index contributed by atoms with van der Waals surface area (Å²) in [6.45, 7) is 5.33. The van der Waals surface area contributed by atoms with Crippen LogP contribution in [0, 0.1) is 0 Å². The van der Waals surface area contributed by atoms with E-state index in [4.69, 9.17) is 14.2 Å². The number of methoxy groups -OCH3 is 2. The highest BCUT2D eigenvalue weighted by atomic mass is 35.5. The largest absolute Gasteiger partial charge is 0.493 e. The second-order valence-corrected chi connectivity index (χ2v) is 8.96. The highest BCUT2D eigenvalue weighted by Gasteiger charge is 2.33. The third kappa shape index (κ3) is 4.89. The normalized spacial score (nSPS) is 20.8. The van der Waals surface area contributed by atoms with Gasteiger partial charge in [0.15, 0.2) is 11.5 Å². The molecule has 0 bridgehead atoms. The fraction of sp³-hybridized carbons (Fsp3) is 0.500. The van der Waals surface area contributed by atoms with Gasteiger partial charge in [0.05, 0.1) is 32.4 Å². The highest BCUT2D eigenvalue weighted by Crippen LogP contribution is 2.38. The van der Waals surface area contributed by atoms with Gasteiger partial charge in [-0.15, -0.1) is 12.4 Å². The Morgan fingerprint density at radius 1 is 1.00 bits per heavy atom. The van der Waals surface area contributed by atoms with Gasteiger partial charge in [-0.05, 0) is 54.2 Å². The van der Waals surface area contributed by atoms with E-state index in [0.29, 0.717) is 6.42 Å². The third-order valence-electron chi connectivity index (χ3n) is 7.04. The lowest BCUT2D eigenvalue weighted by Gasteiger charge is -2.39. The number of nitrogens with zero attached hydrogens (tertiary/aromatic N) is 3. The second kappa shape index (κ2) is 11.0. The van der Waals surface area contributed by atoms with Gasteiger partial charge in [0, 0.05) is 39.3 Å². The third-order valence-corrected chi connectivity index (χ3v) is 7.04. The van der Waals surface area contributed by atoms with E-state index in [-0.39, 0.29) is 24.4 Å². The zero-order valence-electron chi connectivity index (χ0n) is 20.0. The molecule has 1 amide bonds. The maximum absolute atomic E-state index is 12.6. The van der Waals surface area contributed by atoms with Crippen molar-refractivity contribution in [2.45, 2.75) is 31.8 Å². The molecule has 2 aromatic carbocycles. The van der Waals surface area contributed by atoms with Crippen molar-refractivity contribution in [1.29, 1.82) is 0 Å². The van der Waals surface area contributed by atoms with E-state index in [2.05, 4.69) is 34.2 Å². The summed E-state index contributed by atoms with van der Waals surface area (Å²) in [4.78, 5) is 15.1. The molecule has 0 aromatic heterocycles. The van der Waals surface area contributed by atoms with Crippen LogP contribution < -0.4 is 14.5 Å². The van der Waals surface area contributed by atoms with Gasteiger partial charge in [-0.25, -0.2) is 10.0 Å². The summed E-state index contributed by atoms with van der Waals surface area (Å²) in [5.74, 6) is 1.72. The molecule has 3 aliphatic heterocycles. The number of carbonyl (C=O) groups is 1. The first-order chi connectivity index (χ1) is 16.2. The molecule has 7 nitrogen and oxygen atoms in total. The molecule has 3 heterocycles. The molecule has 1 atom stereocenters. The molecular weight excluding hydrogens is 454 g/mol. The summed E-state index contributed by atoms with van der Waals surface area (Å²) in [7, 11) is 3.36. The van der Waals surface area contributed by atoms with E-state index in [1.54, 1.807) is 14.2 Å². The van der Waals surface area contributed by atoms with Gasteiger partial charge in [0.25, 0.3) is 0 Å². The Morgan fingerprint density at radius 3 is 2.50 bits per heavy atom. The van der Waals surface area contributed by atoms with E-state index in [0.717, 1.165) is 81.3 Å². The van der Waals surface area contributed by atoms with Gasteiger partial charge in [0.1, 0.15) is 0 Å². The minimum atomic E-state index is 0. The predicted octanol–water partition coefficient (Wildman–Crippen LogP) is 3.64. The second-order valence-electron chi connectivity index (χ2n) is 8.96. The zero-order valence-corrected chi connectivity index (χ0v) is 20.8. The van der Waals surface area contributed by atoms with Gasteiger partial charge < -0.3 is 19.1 Å². The Balaban J connectivity index is 0.00000274. The molecule has 0 N–H and O–H groups in total. The monoisotopic (exact) mass is 487 g/mol. The maximum Gasteiger partial charge on any atom is 0.246 e. The van der Waals surface area contributed by atoms with Gasteiger partial charge in [-0.2, -0.15) is 0 Å². The van der Waals surface area contributed by atoms with Crippen LogP contribution in [0.25, 0.3) is 0 Å². The number of anilines is 1. The molecule has 1 fully saturated rings. The lowest BCUT2D eigenvalue weighted by atomic mass is 9.97. The Morgan fingerprint density at radius 2 is 1.74 bits per heavy atom. The maximum atomic E-state index is 12.6. The van der Waals surface area contributed by atoms with Crippen LogP contribution in [-0.4, -0.2) is 69.4 Å². The lowest BCUT2D eigenvalue weighted by molar-refractivity contribution is -0.120. The van der Waals surface area contributed by atoms with Crippen LogP contribution in [-0.2, 0) is 22.4 Å². The molecule has 0 spiro atoms. The summed E-state index contributed by atoms with van der Waals surface area (Å²) in [6, 6.07) is 12.3.